The Balaban J connectivity index is 1.53. The van der Waals surface area contributed by atoms with Crippen molar-refractivity contribution in [2.45, 2.75) is 24.4 Å². The van der Waals surface area contributed by atoms with E-state index in [1.54, 1.807) is 11.8 Å². The maximum absolute atomic E-state index is 13.2. The predicted octanol–water partition coefficient (Wildman–Crippen LogP) is 5.43. The first-order valence-corrected chi connectivity index (χ1v) is 10.7. The number of nitrogens with one attached hydrogen (secondary N) is 1. The van der Waals surface area contributed by atoms with Gasteiger partial charge in [0, 0.05) is 29.3 Å². The minimum atomic E-state index is -0.227. The van der Waals surface area contributed by atoms with Crippen molar-refractivity contribution in [3.05, 3.63) is 95.3 Å². The Bertz CT molecular complexity index is 992. The minimum Gasteiger partial charge on any atom is -0.365 e. The maximum Gasteiger partial charge on any atom is 0.251 e. The van der Waals surface area contributed by atoms with E-state index < -0.39 is 0 Å². The van der Waals surface area contributed by atoms with Crippen molar-refractivity contribution in [1.82, 2.24) is 5.32 Å². The van der Waals surface area contributed by atoms with Crippen LogP contribution in [0, 0.1) is 5.82 Å². The summed E-state index contributed by atoms with van der Waals surface area (Å²) >= 11 is 1.80. The van der Waals surface area contributed by atoms with Gasteiger partial charge in [0.15, 0.2) is 0 Å². The Hall–Kier alpha value is -2.79. The topological polar surface area (TPSA) is 32.3 Å². The van der Waals surface area contributed by atoms with Crippen LogP contribution < -0.4 is 10.2 Å². The van der Waals surface area contributed by atoms with Gasteiger partial charge in [0.25, 0.3) is 5.91 Å². The summed E-state index contributed by atoms with van der Waals surface area (Å²) in [6, 6.07) is 22.4. The lowest BCUT2D eigenvalue weighted by atomic mass is 10.1. The number of thioether (sulfide) groups is 1. The van der Waals surface area contributed by atoms with Crippen molar-refractivity contribution in [2.24, 2.45) is 0 Å². The molecule has 0 spiro atoms. The van der Waals surface area contributed by atoms with E-state index in [1.165, 1.54) is 17.0 Å². The number of nitrogens with zero attached hydrogens (tertiary/aromatic N) is 1. The molecule has 0 unspecified atom stereocenters. The van der Waals surface area contributed by atoms with Gasteiger partial charge in [-0.3, -0.25) is 4.79 Å². The molecule has 29 heavy (non-hydrogen) atoms. The fourth-order valence-electron chi connectivity index (χ4n) is 3.49. The molecule has 3 aromatic rings. The zero-order chi connectivity index (χ0) is 20.2. The molecule has 0 aliphatic carbocycles. The van der Waals surface area contributed by atoms with Crippen molar-refractivity contribution < 1.29 is 9.18 Å². The van der Waals surface area contributed by atoms with Gasteiger partial charge in [0.05, 0.1) is 11.7 Å². The zero-order valence-electron chi connectivity index (χ0n) is 16.3. The van der Waals surface area contributed by atoms with Gasteiger partial charge in [-0.15, -0.1) is 11.8 Å². The predicted molar refractivity (Wildman–Crippen MR) is 117 cm³/mol. The molecular formula is C24H23FN2OS. The quantitative estimate of drug-likeness (QED) is 0.613. The average Bonchev–Trinajstić information content (AvgIpc) is 2.76. The number of hydrogen-bond acceptors (Lipinski definition) is 3. The summed E-state index contributed by atoms with van der Waals surface area (Å²) in [6.07, 6.45) is 0. The number of anilines is 1. The van der Waals surface area contributed by atoms with Crippen molar-refractivity contribution in [2.75, 3.05) is 17.2 Å². The third kappa shape index (κ3) is 4.62. The van der Waals surface area contributed by atoms with Gasteiger partial charge in [-0.2, -0.15) is 0 Å². The molecule has 0 aromatic heterocycles. The highest BCUT2D eigenvalue weighted by molar-refractivity contribution is 7.99. The van der Waals surface area contributed by atoms with Gasteiger partial charge in [-0.25, -0.2) is 4.39 Å². The molecule has 0 radical (unpaired) electrons. The summed E-state index contributed by atoms with van der Waals surface area (Å²) in [5, 5.41) is 3.08. The molecule has 1 aliphatic heterocycles. The second-order valence-corrected chi connectivity index (χ2v) is 8.32. The van der Waals surface area contributed by atoms with Gasteiger partial charge in [0.1, 0.15) is 5.82 Å². The molecule has 0 saturated carbocycles. The molecule has 0 fully saturated rings. The first-order chi connectivity index (χ1) is 14.1. The van der Waals surface area contributed by atoms with Gasteiger partial charge in [-0.05, 0) is 48.4 Å². The third-order valence-electron chi connectivity index (χ3n) is 5.11. The van der Waals surface area contributed by atoms with Crippen LogP contribution in [-0.2, 0) is 6.54 Å². The monoisotopic (exact) mass is 406 g/mol. The number of amides is 1. The molecule has 1 N–H and O–H groups in total. The van der Waals surface area contributed by atoms with Crippen molar-refractivity contribution in [3.8, 4) is 0 Å². The smallest absolute Gasteiger partial charge is 0.251 e. The molecule has 1 amide bonds. The van der Waals surface area contributed by atoms with Gasteiger partial charge in [0.2, 0.25) is 0 Å². The van der Waals surface area contributed by atoms with Gasteiger partial charge < -0.3 is 10.2 Å². The second kappa shape index (κ2) is 8.70. The number of benzene rings is 3. The van der Waals surface area contributed by atoms with Crippen LogP contribution in [0.15, 0.2) is 77.7 Å². The Kier molecular flexibility index (Phi) is 5.86. The standard InChI is InChI=1S/C24H23FN2OS/c1-17(19-5-3-2-4-6-19)26-24(28)20-9-12-23-22(15-20)27(13-14-29-23)16-18-7-10-21(25)11-8-18/h2-12,15,17H,13-14,16H2,1H3,(H,26,28)/t17-/m0/s1. The van der Waals surface area contributed by atoms with Crippen LogP contribution in [0.3, 0.4) is 0 Å². The first kappa shape index (κ1) is 19.5. The molecule has 1 heterocycles. The first-order valence-electron chi connectivity index (χ1n) is 9.72. The summed E-state index contributed by atoms with van der Waals surface area (Å²) in [5.74, 6) is 0.682. The Morgan fingerprint density at radius 2 is 1.86 bits per heavy atom. The highest BCUT2D eigenvalue weighted by atomic mass is 32.2. The average molecular weight is 407 g/mol. The van der Waals surface area contributed by atoms with E-state index in [2.05, 4.69) is 10.2 Å². The molecule has 1 aliphatic rings. The van der Waals surface area contributed by atoms with Crippen LogP contribution in [0.1, 0.15) is 34.5 Å². The van der Waals surface area contributed by atoms with Gasteiger partial charge in [-0.1, -0.05) is 42.5 Å². The Morgan fingerprint density at radius 1 is 1.10 bits per heavy atom. The lowest BCUT2D eigenvalue weighted by Gasteiger charge is -2.31. The summed E-state index contributed by atoms with van der Waals surface area (Å²) in [4.78, 5) is 16.3. The summed E-state index contributed by atoms with van der Waals surface area (Å²) < 4.78 is 13.2. The fourth-order valence-corrected chi connectivity index (χ4v) is 4.53. The molecule has 5 heteroatoms. The lowest BCUT2D eigenvalue weighted by Crippen LogP contribution is -2.30. The summed E-state index contributed by atoms with van der Waals surface area (Å²) in [6.45, 7) is 3.57. The Morgan fingerprint density at radius 3 is 2.62 bits per heavy atom. The normalized spacial score (nSPS) is 14.2. The van der Waals surface area contributed by atoms with E-state index in [9.17, 15) is 9.18 Å². The van der Waals surface area contributed by atoms with Gasteiger partial charge >= 0.3 is 0 Å². The van der Waals surface area contributed by atoms with Crippen LogP contribution in [0.25, 0.3) is 0 Å². The van der Waals surface area contributed by atoms with Crippen LogP contribution in [0.4, 0.5) is 10.1 Å². The van der Waals surface area contributed by atoms with Crippen molar-refractivity contribution in [1.29, 1.82) is 0 Å². The van der Waals surface area contributed by atoms with E-state index in [4.69, 9.17) is 0 Å². The van der Waals surface area contributed by atoms with Crippen LogP contribution in [0.2, 0.25) is 0 Å². The van der Waals surface area contributed by atoms with E-state index in [0.717, 1.165) is 29.1 Å². The minimum absolute atomic E-state index is 0.0653. The lowest BCUT2D eigenvalue weighted by molar-refractivity contribution is 0.0940. The number of carbonyl (C=O) groups excluding carboxylic acids is 1. The van der Waals surface area contributed by atoms with Crippen LogP contribution >= 0.6 is 11.8 Å². The number of hydrogen-bond donors (Lipinski definition) is 1. The summed E-state index contributed by atoms with van der Waals surface area (Å²) in [7, 11) is 0. The van der Waals surface area contributed by atoms with E-state index in [1.807, 2.05) is 67.6 Å². The number of fused-ring (bicyclic) bond motifs is 1. The zero-order valence-corrected chi connectivity index (χ0v) is 17.1. The van der Waals surface area contributed by atoms with Crippen LogP contribution in [0.5, 0.6) is 0 Å². The number of carbonyl (C=O) groups is 1. The number of rotatable bonds is 5. The highest BCUT2D eigenvalue weighted by Crippen LogP contribution is 2.36. The second-order valence-electron chi connectivity index (χ2n) is 7.18. The Labute approximate surface area is 174 Å². The number of halogens is 1. The SMILES string of the molecule is C[C@H](NC(=O)c1ccc2c(c1)N(Cc1ccc(F)cc1)CCS2)c1ccccc1. The molecule has 148 valence electrons. The van der Waals surface area contributed by atoms with Crippen LogP contribution in [-0.4, -0.2) is 18.2 Å². The van der Waals surface area contributed by atoms with Crippen molar-refractivity contribution >= 4 is 23.4 Å². The molecule has 1 atom stereocenters. The van der Waals surface area contributed by atoms with Crippen molar-refractivity contribution in [3.63, 3.8) is 0 Å². The third-order valence-corrected chi connectivity index (χ3v) is 6.16. The molecule has 0 bridgehead atoms. The molecule has 3 nitrogen and oxygen atoms in total. The van der Waals surface area contributed by atoms with E-state index >= 15 is 0 Å². The molecular weight excluding hydrogens is 383 g/mol. The highest BCUT2D eigenvalue weighted by Gasteiger charge is 2.20. The molecule has 4 rings (SSSR count). The largest absolute Gasteiger partial charge is 0.365 e. The summed E-state index contributed by atoms with van der Waals surface area (Å²) in [5.41, 5.74) is 3.84. The van der Waals surface area contributed by atoms with E-state index in [0.29, 0.717) is 12.1 Å². The fraction of sp³-hybridized carbons (Fsp3) is 0.208. The van der Waals surface area contributed by atoms with E-state index in [-0.39, 0.29) is 17.8 Å². The maximum atomic E-state index is 13.2. The molecule has 0 saturated heterocycles. The molecule has 3 aromatic carbocycles.